The van der Waals surface area contributed by atoms with Gasteiger partial charge in [-0.05, 0) is 48.9 Å². The number of amidine groups is 1. The van der Waals surface area contributed by atoms with Crippen LogP contribution < -0.4 is 14.8 Å². The summed E-state index contributed by atoms with van der Waals surface area (Å²) in [5.41, 5.74) is 0.696. The number of ether oxygens (including phenoxy) is 2. The predicted octanol–water partition coefficient (Wildman–Crippen LogP) is 4.80. The second-order valence-electron chi connectivity index (χ2n) is 6.19. The highest BCUT2D eigenvalue weighted by Crippen LogP contribution is 2.38. The molecule has 0 atom stereocenters. The number of halogens is 1. The van der Waals surface area contributed by atoms with Crippen molar-refractivity contribution in [1.82, 2.24) is 5.32 Å². The van der Waals surface area contributed by atoms with Crippen molar-refractivity contribution in [3.63, 3.8) is 0 Å². The monoisotopic (exact) mass is 424 g/mol. The molecule has 1 aromatic carbocycles. The largest absolute Gasteiger partial charge is 0.490 e. The van der Waals surface area contributed by atoms with Crippen LogP contribution in [-0.2, 0) is 9.59 Å². The first-order valence-corrected chi connectivity index (χ1v) is 10.5. The molecule has 1 aliphatic heterocycles. The van der Waals surface area contributed by atoms with Crippen LogP contribution in [0.5, 0.6) is 11.5 Å². The highest BCUT2D eigenvalue weighted by Gasteiger charge is 2.23. The molecule has 0 saturated heterocycles. The van der Waals surface area contributed by atoms with E-state index in [0.29, 0.717) is 40.2 Å². The Labute approximate surface area is 174 Å². The van der Waals surface area contributed by atoms with Crippen molar-refractivity contribution < 1.29 is 19.1 Å². The summed E-state index contributed by atoms with van der Waals surface area (Å²) in [5, 5.41) is 3.21. The number of nitrogens with zero attached hydrogens (tertiary/aromatic N) is 1. The topological polar surface area (TPSA) is 77.0 Å². The Kier molecular flexibility index (Phi) is 8.86. The molecule has 1 aromatic rings. The number of thioether (sulfide) groups is 1. The van der Waals surface area contributed by atoms with Gasteiger partial charge in [0.25, 0.3) is 5.91 Å². The smallest absolute Gasteiger partial charge is 0.286 e. The molecule has 152 valence electrons. The maximum atomic E-state index is 12.0. The fourth-order valence-electron chi connectivity index (χ4n) is 2.54. The maximum Gasteiger partial charge on any atom is 0.286 e. The summed E-state index contributed by atoms with van der Waals surface area (Å²) in [6, 6.07) is 3.51. The van der Waals surface area contributed by atoms with Gasteiger partial charge < -0.3 is 14.8 Å². The molecule has 1 heterocycles. The number of carbonyl (C=O) groups excluding carboxylic acids is 2. The summed E-state index contributed by atoms with van der Waals surface area (Å²) in [5.74, 6) is 0.375. The second-order valence-corrected chi connectivity index (χ2v) is 7.62. The van der Waals surface area contributed by atoms with Gasteiger partial charge in [0.05, 0.1) is 23.1 Å². The zero-order valence-corrected chi connectivity index (χ0v) is 17.9. The van der Waals surface area contributed by atoms with E-state index >= 15 is 0 Å². The first kappa shape index (κ1) is 22.3. The lowest BCUT2D eigenvalue weighted by Crippen LogP contribution is -2.23. The second kappa shape index (κ2) is 11.1. The number of amides is 2. The predicted molar refractivity (Wildman–Crippen MR) is 114 cm³/mol. The van der Waals surface area contributed by atoms with Gasteiger partial charge in [0, 0.05) is 6.92 Å². The number of benzene rings is 1. The number of hydrogen-bond donors (Lipinski definition) is 1. The summed E-state index contributed by atoms with van der Waals surface area (Å²) in [6.45, 7) is 6.45. The molecule has 2 amide bonds. The van der Waals surface area contributed by atoms with Gasteiger partial charge in [-0.3, -0.25) is 9.59 Å². The van der Waals surface area contributed by atoms with E-state index in [1.165, 1.54) is 19.8 Å². The van der Waals surface area contributed by atoms with E-state index in [4.69, 9.17) is 21.1 Å². The van der Waals surface area contributed by atoms with Gasteiger partial charge in [-0.1, -0.05) is 37.8 Å². The number of hydrogen-bond acceptors (Lipinski definition) is 5. The summed E-state index contributed by atoms with van der Waals surface area (Å²) in [4.78, 5) is 27.4. The fraction of sp³-hybridized carbons (Fsp3) is 0.450. The SMILES string of the molecule is CCCCCCOc1c(Cl)cc(/C=C2/SC(NC(C)=O)=NC2=O)cc1OCC. The van der Waals surface area contributed by atoms with Crippen LogP contribution in [0.25, 0.3) is 6.08 Å². The quantitative estimate of drug-likeness (QED) is 0.455. The van der Waals surface area contributed by atoms with E-state index in [0.717, 1.165) is 24.6 Å². The molecule has 0 fully saturated rings. The van der Waals surface area contributed by atoms with Crippen LogP contribution in [0.3, 0.4) is 0 Å². The zero-order chi connectivity index (χ0) is 20.5. The van der Waals surface area contributed by atoms with E-state index in [1.807, 2.05) is 6.92 Å². The molecule has 0 aliphatic carbocycles. The molecule has 0 saturated carbocycles. The normalized spacial score (nSPS) is 14.9. The molecule has 28 heavy (non-hydrogen) atoms. The van der Waals surface area contributed by atoms with Crippen molar-refractivity contribution in [3.8, 4) is 11.5 Å². The van der Waals surface area contributed by atoms with Gasteiger partial charge in [0.1, 0.15) is 0 Å². The average molecular weight is 425 g/mol. The van der Waals surface area contributed by atoms with E-state index < -0.39 is 5.91 Å². The third-order valence-electron chi connectivity index (χ3n) is 3.78. The van der Waals surface area contributed by atoms with Crippen LogP contribution in [0.15, 0.2) is 22.0 Å². The van der Waals surface area contributed by atoms with Crippen molar-refractivity contribution in [2.24, 2.45) is 4.99 Å². The van der Waals surface area contributed by atoms with Crippen LogP contribution >= 0.6 is 23.4 Å². The lowest BCUT2D eigenvalue weighted by Gasteiger charge is -2.14. The fourth-order valence-corrected chi connectivity index (χ4v) is 3.68. The molecule has 0 bridgehead atoms. The molecule has 6 nitrogen and oxygen atoms in total. The summed E-state index contributed by atoms with van der Waals surface area (Å²) in [6.07, 6.45) is 6.08. The molecule has 2 rings (SSSR count). The van der Waals surface area contributed by atoms with E-state index in [1.54, 1.807) is 18.2 Å². The first-order chi connectivity index (χ1) is 13.4. The summed E-state index contributed by atoms with van der Waals surface area (Å²) < 4.78 is 11.5. The lowest BCUT2D eigenvalue weighted by molar-refractivity contribution is -0.117. The van der Waals surface area contributed by atoms with Crippen LogP contribution in [-0.4, -0.2) is 30.2 Å². The number of carbonyl (C=O) groups is 2. The Morgan fingerprint density at radius 2 is 2.04 bits per heavy atom. The Morgan fingerprint density at radius 1 is 1.25 bits per heavy atom. The highest BCUT2D eigenvalue weighted by atomic mass is 35.5. The van der Waals surface area contributed by atoms with Gasteiger partial charge in [-0.25, -0.2) is 0 Å². The molecular weight excluding hydrogens is 400 g/mol. The minimum absolute atomic E-state index is 0.270. The average Bonchev–Trinajstić information content (AvgIpc) is 2.95. The lowest BCUT2D eigenvalue weighted by atomic mass is 10.1. The van der Waals surface area contributed by atoms with E-state index in [2.05, 4.69) is 17.2 Å². The number of aliphatic imine (C=N–C) groups is 1. The van der Waals surface area contributed by atoms with Crippen molar-refractivity contribution in [2.45, 2.75) is 46.5 Å². The van der Waals surface area contributed by atoms with Crippen LogP contribution in [0.4, 0.5) is 0 Å². The van der Waals surface area contributed by atoms with Gasteiger partial charge in [0.15, 0.2) is 16.7 Å². The minimum Gasteiger partial charge on any atom is -0.490 e. The van der Waals surface area contributed by atoms with Gasteiger partial charge in [-0.15, -0.1) is 0 Å². The Bertz CT molecular complexity index is 793. The third-order valence-corrected chi connectivity index (χ3v) is 4.96. The molecule has 0 unspecified atom stereocenters. The third kappa shape index (κ3) is 6.56. The number of nitrogens with one attached hydrogen (secondary N) is 1. The van der Waals surface area contributed by atoms with Crippen LogP contribution in [0.1, 0.15) is 52.0 Å². The van der Waals surface area contributed by atoms with Crippen molar-refractivity contribution in [3.05, 3.63) is 27.6 Å². The van der Waals surface area contributed by atoms with Gasteiger partial charge in [0.2, 0.25) is 5.91 Å². The highest BCUT2D eigenvalue weighted by molar-refractivity contribution is 8.18. The molecule has 1 aliphatic rings. The first-order valence-electron chi connectivity index (χ1n) is 9.33. The van der Waals surface area contributed by atoms with Crippen molar-refractivity contribution in [2.75, 3.05) is 13.2 Å². The maximum absolute atomic E-state index is 12.0. The van der Waals surface area contributed by atoms with E-state index in [-0.39, 0.29) is 11.1 Å². The molecule has 0 aromatic heterocycles. The number of unbranched alkanes of at least 4 members (excludes halogenated alkanes) is 3. The summed E-state index contributed by atoms with van der Waals surface area (Å²) in [7, 11) is 0. The van der Waals surface area contributed by atoms with Crippen molar-refractivity contribution >= 4 is 46.4 Å². The Morgan fingerprint density at radius 3 is 2.71 bits per heavy atom. The standard InChI is InChI=1S/C20H25ClN2O4S/c1-4-6-7-8-9-27-18-15(21)10-14(11-16(18)26-5-2)12-17-19(25)23-20(28-17)22-13(3)24/h10-12H,4-9H2,1-3H3,(H,22,23,24,25)/b17-12+. The molecule has 0 radical (unpaired) electrons. The minimum atomic E-state index is -0.404. The van der Waals surface area contributed by atoms with E-state index in [9.17, 15) is 9.59 Å². The van der Waals surface area contributed by atoms with Crippen LogP contribution in [0, 0.1) is 0 Å². The molecule has 1 N–H and O–H groups in total. The molecule has 0 spiro atoms. The van der Waals surface area contributed by atoms with Crippen LogP contribution in [0.2, 0.25) is 5.02 Å². The van der Waals surface area contributed by atoms with Gasteiger partial charge in [-0.2, -0.15) is 4.99 Å². The van der Waals surface area contributed by atoms with Gasteiger partial charge >= 0.3 is 0 Å². The summed E-state index contributed by atoms with van der Waals surface area (Å²) >= 11 is 7.53. The Hall–Kier alpha value is -1.99. The Balaban J connectivity index is 2.16. The molecule has 8 heteroatoms. The van der Waals surface area contributed by atoms with Crippen molar-refractivity contribution in [1.29, 1.82) is 0 Å². The molecular formula is C20H25ClN2O4S. The zero-order valence-electron chi connectivity index (χ0n) is 16.3. The number of rotatable bonds is 9.